The third-order valence-electron chi connectivity index (χ3n) is 5.87. The minimum Gasteiger partial charge on any atom is -0.272 e. The van der Waals surface area contributed by atoms with Crippen LogP contribution in [0.4, 0.5) is 5.69 Å². The molecule has 2 aliphatic rings. The first kappa shape index (κ1) is 22.6. The van der Waals surface area contributed by atoms with Gasteiger partial charge in [-0.1, -0.05) is 74.3 Å². The Morgan fingerprint density at radius 3 is 2.06 bits per heavy atom. The van der Waals surface area contributed by atoms with Gasteiger partial charge in [0.1, 0.15) is 5.56 Å². The molecule has 1 aliphatic carbocycles. The fourth-order valence-corrected chi connectivity index (χ4v) is 5.50. The lowest BCUT2D eigenvalue weighted by molar-refractivity contribution is -0.385. The third kappa shape index (κ3) is 4.09. The number of alkyl halides is 2. The number of halogens is 2. The van der Waals surface area contributed by atoms with Crippen LogP contribution in [-0.4, -0.2) is 42.3 Å². The van der Waals surface area contributed by atoms with Gasteiger partial charge >= 0.3 is 0 Å². The van der Waals surface area contributed by atoms with Crippen molar-refractivity contribution in [3.63, 3.8) is 0 Å². The van der Waals surface area contributed by atoms with Crippen molar-refractivity contribution in [3.8, 4) is 0 Å². The summed E-state index contributed by atoms with van der Waals surface area (Å²) in [4.78, 5) is 51.1. The van der Waals surface area contributed by atoms with Crippen LogP contribution in [0, 0.1) is 22.0 Å². The molecule has 0 aromatic heterocycles. The largest absolute Gasteiger partial charge is 0.282 e. The molecule has 32 heavy (non-hydrogen) atoms. The monoisotopic (exact) mass is 563 g/mol. The molecule has 4 rings (SSSR count). The fourth-order valence-electron chi connectivity index (χ4n) is 4.26. The average Bonchev–Trinajstić information content (AvgIpc) is 3.02. The van der Waals surface area contributed by atoms with Gasteiger partial charge in [-0.15, -0.1) is 0 Å². The Labute approximate surface area is 200 Å². The second kappa shape index (κ2) is 9.11. The van der Waals surface area contributed by atoms with Crippen molar-refractivity contribution in [1.82, 2.24) is 10.0 Å². The van der Waals surface area contributed by atoms with Crippen LogP contribution in [-0.2, 0) is 16.1 Å². The molecule has 1 heterocycles. The molecule has 4 atom stereocenters. The molecule has 10 heteroatoms. The number of nitrogens with zero attached hydrogens (tertiary/aromatic N) is 3. The average molecular weight is 565 g/mol. The van der Waals surface area contributed by atoms with Gasteiger partial charge in [0.25, 0.3) is 23.4 Å². The summed E-state index contributed by atoms with van der Waals surface area (Å²) in [5.41, 5.74) is 0.125. The number of para-hydroxylation sites is 1. The number of carbonyl (C=O) groups excluding carboxylic acids is 3. The Morgan fingerprint density at radius 1 is 0.969 bits per heavy atom. The van der Waals surface area contributed by atoms with Crippen LogP contribution < -0.4 is 0 Å². The predicted octanol–water partition coefficient (Wildman–Crippen LogP) is 4.07. The van der Waals surface area contributed by atoms with E-state index in [2.05, 4.69) is 31.9 Å². The van der Waals surface area contributed by atoms with E-state index in [-0.39, 0.29) is 27.4 Å². The molecule has 0 unspecified atom stereocenters. The Kier molecular flexibility index (Phi) is 6.43. The fraction of sp³-hybridized carbons (Fsp3) is 0.318. The molecule has 0 N–H and O–H groups in total. The molecule has 2 fully saturated rings. The summed E-state index contributed by atoms with van der Waals surface area (Å²) in [5, 5.41) is 13.5. The van der Waals surface area contributed by atoms with Crippen molar-refractivity contribution in [1.29, 1.82) is 0 Å². The summed E-state index contributed by atoms with van der Waals surface area (Å²) in [7, 11) is 0. The maximum atomic E-state index is 13.5. The standard InChI is InChI=1S/C22H19Br2N3O5/c23-17-10-15-16(11-18(17)24)22(30)26(21(15)29)25(12-13-6-2-1-3-7-13)20(28)14-8-4-5-9-19(14)27(31)32/h1-9,15-18H,10-12H2/t15-,16+,17-,18-/m0/s1. The van der Waals surface area contributed by atoms with Crippen molar-refractivity contribution in [3.05, 3.63) is 75.8 Å². The molecule has 1 saturated heterocycles. The van der Waals surface area contributed by atoms with Crippen LogP contribution in [0.15, 0.2) is 54.6 Å². The highest BCUT2D eigenvalue weighted by Gasteiger charge is 2.54. The zero-order valence-electron chi connectivity index (χ0n) is 16.8. The van der Waals surface area contributed by atoms with Gasteiger partial charge in [0.15, 0.2) is 0 Å². The van der Waals surface area contributed by atoms with Crippen LogP contribution in [0.1, 0.15) is 28.8 Å². The van der Waals surface area contributed by atoms with Crippen molar-refractivity contribution in [2.45, 2.75) is 29.0 Å². The zero-order chi connectivity index (χ0) is 23.0. The summed E-state index contributed by atoms with van der Waals surface area (Å²) in [6, 6.07) is 14.4. The summed E-state index contributed by atoms with van der Waals surface area (Å²) in [6.45, 7) is -0.0713. The van der Waals surface area contributed by atoms with Gasteiger partial charge in [0.05, 0.1) is 23.3 Å². The van der Waals surface area contributed by atoms with E-state index < -0.39 is 34.5 Å². The van der Waals surface area contributed by atoms with Crippen molar-refractivity contribution < 1.29 is 19.3 Å². The van der Waals surface area contributed by atoms with Crippen LogP contribution in [0.2, 0.25) is 0 Å². The maximum Gasteiger partial charge on any atom is 0.282 e. The van der Waals surface area contributed by atoms with Gasteiger partial charge in [-0.2, -0.15) is 5.01 Å². The Bertz CT molecular complexity index is 1050. The lowest BCUT2D eigenvalue weighted by Gasteiger charge is -2.30. The van der Waals surface area contributed by atoms with Crippen molar-refractivity contribution >= 4 is 55.3 Å². The number of amides is 3. The minimum atomic E-state index is -0.771. The number of nitro benzene ring substituents is 1. The molecule has 1 aliphatic heterocycles. The number of hydrogen-bond acceptors (Lipinski definition) is 5. The number of imide groups is 1. The summed E-state index contributed by atoms with van der Waals surface area (Å²) < 4.78 is 0. The molecule has 0 bridgehead atoms. The summed E-state index contributed by atoms with van der Waals surface area (Å²) in [6.07, 6.45) is 0.918. The lowest BCUT2D eigenvalue weighted by atomic mass is 9.81. The molecular formula is C22H19Br2N3O5. The number of nitro groups is 1. The molecule has 1 saturated carbocycles. The first-order valence-corrected chi connectivity index (χ1v) is 11.9. The van der Waals surface area contributed by atoms with E-state index in [1.165, 1.54) is 24.3 Å². The molecule has 0 spiro atoms. The number of benzene rings is 2. The smallest absolute Gasteiger partial charge is 0.272 e. The van der Waals surface area contributed by atoms with Gasteiger partial charge < -0.3 is 0 Å². The number of hydrogen-bond donors (Lipinski definition) is 0. The second-order valence-electron chi connectivity index (χ2n) is 7.83. The van der Waals surface area contributed by atoms with E-state index in [0.29, 0.717) is 18.4 Å². The molecular weight excluding hydrogens is 546 g/mol. The van der Waals surface area contributed by atoms with Gasteiger partial charge in [0.2, 0.25) is 0 Å². The predicted molar refractivity (Wildman–Crippen MR) is 123 cm³/mol. The molecule has 2 aromatic rings. The SMILES string of the molecule is O=C(c1ccccc1[N+](=O)[O-])N(Cc1ccccc1)N1C(=O)[C@H]2C[C@H](Br)[C@@H](Br)C[C@H]2C1=O. The highest BCUT2D eigenvalue weighted by molar-refractivity contribution is 9.12. The number of rotatable bonds is 5. The number of fused-ring (bicyclic) bond motifs is 1. The van der Waals surface area contributed by atoms with E-state index in [1.807, 2.05) is 6.07 Å². The van der Waals surface area contributed by atoms with E-state index >= 15 is 0 Å². The molecule has 3 amide bonds. The highest BCUT2D eigenvalue weighted by atomic mass is 79.9. The first-order chi connectivity index (χ1) is 15.3. The summed E-state index contributed by atoms with van der Waals surface area (Å²) in [5.74, 6) is -2.76. The van der Waals surface area contributed by atoms with E-state index in [0.717, 1.165) is 10.0 Å². The van der Waals surface area contributed by atoms with E-state index in [9.17, 15) is 24.5 Å². The van der Waals surface area contributed by atoms with Gasteiger partial charge in [0, 0.05) is 15.7 Å². The zero-order valence-corrected chi connectivity index (χ0v) is 19.9. The lowest BCUT2D eigenvalue weighted by Crippen LogP contribution is -2.50. The molecule has 166 valence electrons. The molecule has 0 radical (unpaired) electrons. The number of hydrazine groups is 1. The van der Waals surface area contributed by atoms with Crippen molar-refractivity contribution in [2.24, 2.45) is 11.8 Å². The van der Waals surface area contributed by atoms with Gasteiger partial charge in [-0.05, 0) is 24.5 Å². The summed E-state index contributed by atoms with van der Waals surface area (Å²) >= 11 is 7.11. The third-order valence-corrected chi connectivity index (χ3v) is 8.60. The second-order valence-corrected chi connectivity index (χ2v) is 10.2. The Hall–Kier alpha value is -2.59. The minimum absolute atomic E-state index is 0.0222. The first-order valence-electron chi connectivity index (χ1n) is 10.0. The highest BCUT2D eigenvalue weighted by Crippen LogP contribution is 2.44. The van der Waals surface area contributed by atoms with Gasteiger partial charge in [-0.3, -0.25) is 24.5 Å². The van der Waals surface area contributed by atoms with Gasteiger partial charge in [-0.25, -0.2) is 5.01 Å². The Balaban J connectivity index is 1.75. The van der Waals surface area contributed by atoms with E-state index in [1.54, 1.807) is 24.3 Å². The van der Waals surface area contributed by atoms with Crippen LogP contribution in [0.3, 0.4) is 0 Å². The Morgan fingerprint density at radius 2 is 1.50 bits per heavy atom. The van der Waals surface area contributed by atoms with Crippen LogP contribution in [0.5, 0.6) is 0 Å². The van der Waals surface area contributed by atoms with Crippen molar-refractivity contribution in [2.75, 3.05) is 0 Å². The van der Waals surface area contributed by atoms with Crippen LogP contribution >= 0.6 is 31.9 Å². The maximum absolute atomic E-state index is 13.5. The molecule has 8 nitrogen and oxygen atoms in total. The number of carbonyl (C=O) groups is 3. The van der Waals surface area contributed by atoms with E-state index in [4.69, 9.17) is 0 Å². The topological polar surface area (TPSA) is 101 Å². The molecule has 2 aromatic carbocycles. The van der Waals surface area contributed by atoms with Crippen LogP contribution in [0.25, 0.3) is 0 Å². The quantitative estimate of drug-likeness (QED) is 0.236. The normalized spacial score (nSPS) is 24.9.